The van der Waals surface area contributed by atoms with Gasteiger partial charge in [0.1, 0.15) is 0 Å². The van der Waals surface area contributed by atoms with Gasteiger partial charge in [-0.15, -0.1) is 0 Å². The highest BCUT2D eigenvalue weighted by Crippen LogP contribution is 2.39. The van der Waals surface area contributed by atoms with Crippen molar-refractivity contribution in [1.82, 2.24) is 9.80 Å². The second kappa shape index (κ2) is 5.17. The second-order valence-corrected chi connectivity index (χ2v) is 5.97. The van der Waals surface area contributed by atoms with E-state index in [0.29, 0.717) is 12.0 Å². The summed E-state index contributed by atoms with van der Waals surface area (Å²) in [5.74, 6) is 0.581. The number of rotatable bonds is 5. The van der Waals surface area contributed by atoms with Crippen LogP contribution in [-0.2, 0) is 4.79 Å². The van der Waals surface area contributed by atoms with Gasteiger partial charge in [-0.25, -0.2) is 0 Å². The first kappa shape index (κ1) is 13.8. The summed E-state index contributed by atoms with van der Waals surface area (Å²) in [6, 6.07) is 0.527. The zero-order valence-corrected chi connectivity index (χ0v) is 12.0. The Labute approximate surface area is 110 Å². The molecule has 0 radical (unpaired) electrons. The molecule has 18 heavy (non-hydrogen) atoms. The Hall–Kier alpha value is -0.610. The first-order chi connectivity index (χ1) is 8.50. The van der Waals surface area contributed by atoms with E-state index in [9.17, 15) is 4.79 Å². The summed E-state index contributed by atoms with van der Waals surface area (Å²) in [5, 5.41) is 0. The molecular formula is C14H27N3O. The monoisotopic (exact) mass is 253 g/mol. The quantitative estimate of drug-likeness (QED) is 0.797. The number of carbonyl (C=O) groups excluding carboxylic acids is 1. The standard InChI is InChI=1S/C14H27N3O/c1-4-16(5-2)12-8-9-17(10-12)13(18)14(3,15)11-6-7-11/h11-12H,4-10,15H2,1-3H3. The number of nitrogens with zero attached hydrogens (tertiary/aromatic N) is 2. The lowest BCUT2D eigenvalue weighted by Gasteiger charge is -2.30. The van der Waals surface area contributed by atoms with Crippen LogP contribution in [0.3, 0.4) is 0 Å². The predicted molar refractivity (Wildman–Crippen MR) is 73.2 cm³/mol. The molecule has 0 bridgehead atoms. The molecule has 2 unspecified atom stereocenters. The third kappa shape index (κ3) is 2.54. The summed E-state index contributed by atoms with van der Waals surface area (Å²) in [6.07, 6.45) is 3.33. The highest BCUT2D eigenvalue weighted by atomic mass is 16.2. The fraction of sp³-hybridized carbons (Fsp3) is 0.929. The Morgan fingerprint density at radius 2 is 1.94 bits per heavy atom. The lowest BCUT2D eigenvalue weighted by atomic mass is 9.95. The first-order valence-electron chi connectivity index (χ1n) is 7.33. The SMILES string of the molecule is CCN(CC)C1CCN(C(=O)C(C)(N)C2CC2)C1. The molecule has 2 aliphatic rings. The summed E-state index contributed by atoms with van der Waals surface area (Å²) in [7, 11) is 0. The van der Waals surface area contributed by atoms with E-state index in [1.165, 1.54) is 0 Å². The van der Waals surface area contributed by atoms with Gasteiger partial charge in [0.05, 0.1) is 5.54 Å². The van der Waals surface area contributed by atoms with Gasteiger partial charge in [0.25, 0.3) is 0 Å². The molecular weight excluding hydrogens is 226 g/mol. The minimum Gasteiger partial charge on any atom is -0.339 e. The summed E-state index contributed by atoms with van der Waals surface area (Å²) in [6.45, 7) is 10.1. The fourth-order valence-electron chi connectivity index (χ4n) is 3.16. The summed E-state index contributed by atoms with van der Waals surface area (Å²) < 4.78 is 0. The molecule has 4 nitrogen and oxygen atoms in total. The number of nitrogens with two attached hydrogens (primary N) is 1. The number of hydrogen-bond acceptors (Lipinski definition) is 3. The topological polar surface area (TPSA) is 49.6 Å². The van der Waals surface area contributed by atoms with Crippen LogP contribution in [0, 0.1) is 5.92 Å². The molecule has 2 N–H and O–H groups in total. The molecule has 1 amide bonds. The minimum absolute atomic E-state index is 0.166. The maximum Gasteiger partial charge on any atom is 0.242 e. The van der Waals surface area contributed by atoms with E-state index in [-0.39, 0.29) is 5.91 Å². The number of amides is 1. The zero-order valence-electron chi connectivity index (χ0n) is 12.0. The van der Waals surface area contributed by atoms with Crippen molar-refractivity contribution in [2.75, 3.05) is 26.2 Å². The number of likely N-dealkylation sites (N-methyl/N-ethyl adjacent to an activating group) is 1. The van der Waals surface area contributed by atoms with E-state index in [2.05, 4.69) is 18.7 Å². The number of hydrogen-bond donors (Lipinski definition) is 1. The Bertz CT molecular complexity index is 308. The Kier molecular flexibility index (Phi) is 3.97. The van der Waals surface area contributed by atoms with Crippen molar-refractivity contribution in [2.45, 2.75) is 51.6 Å². The van der Waals surface area contributed by atoms with Gasteiger partial charge in [-0.1, -0.05) is 13.8 Å². The second-order valence-electron chi connectivity index (χ2n) is 5.97. The van der Waals surface area contributed by atoms with Crippen molar-refractivity contribution in [3.8, 4) is 0 Å². The molecule has 0 aromatic rings. The van der Waals surface area contributed by atoms with E-state index >= 15 is 0 Å². The van der Waals surface area contributed by atoms with Gasteiger partial charge in [-0.2, -0.15) is 0 Å². The van der Waals surface area contributed by atoms with Crippen molar-refractivity contribution in [2.24, 2.45) is 11.7 Å². The van der Waals surface area contributed by atoms with E-state index in [0.717, 1.165) is 45.4 Å². The number of likely N-dealkylation sites (tertiary alicyclic amines) is 1. The molecule has 1 saturated carbocycles. The summed E-state index contributed by atoms with van der Waals surface area (Å²) in [4.78, 5) is 16.9. The van der Waals surface area contributed by atoms with E-state index in [1.807, 2.05) is 11.8 Å². The Morgan fingerprint density at radius 3 is 2.44 bits per heavy atom. The molecule has 1 aliphatic heterocycles. The van der Waals surface area contributed by atoms with Crippen LogP contribution in [0.4, 0.5) is 0 Å². The van der Waals surface area contributed by atoms with Gasteiger partial charge in [0.2, 0.25) is 5.91 Å². The zero-order chi connectivity index (χ0) is 13.3. The van der Waals surface area contributed by atoms with Gasteiger partial charge in [-0.05, 0) is 45.2 Å². The summed E-state index contributed by atoms with van der Waals surface area (Å²) >= 11 is 0. The van der Waals surface area contributed by atoms with Crippen LogP contribution in [0.2, 0.25) is 0 Å². The van der Waals surface area contributed by atoms with Crippen molar-refractivity contribution in [3.63, 3.8) is 0 Å². The van der Waals surface area contributed by atoms with Gasteiger partial charge in [-0.3, -0.25) is 9.69 Å². The van der Waals surface area contributed by atoms with E-state index < -0.39 is 5.54 Å². The van der Waals surface area contributed by atoms with E-state index in [4.69, 9.17) is 5.73 Å². The lowest BCUT2D eigenvalue weighted by Crippen LogP contribution is -2.54. The molecule has 0 aromatic carbocycles. The van der Waals surface area contributed by atoms with Crippen LogP contribution < -0.4 is 5.73 Å². The highest BCUT2D eigenvalue weighted by molar-refractivity contribution is 5.86. The van der Waals surface area contributed by atoms with Crippen LogP contribution in [0.1, 0.15) is 40.0 Å². The van der Waals surface area contributed by atoms with E-state index in [1.54, 1.807) is 0 Å². The molecule has 4 heteroatoms. The van der Waals surface area contributed by atoms with Crippen LogP contribution >= 0.6 is 0 Å². The smallest absolute Gasteiger partial charge is 0.242 e. The average Bonchev–Trinajstić information content (AvgIpc) is 3.11. The largest absolute Gasteiger partial charge is 0.339 e. The Balaban J connectivity index is 1.94. The van der Waals surface area contributed by atoms with Crippen molar-refractivity contribution in [1.29, 1.82) is 0 Å². The lowest BCUT2D eigenvalue weighted by molar-refractivity contribution is -0.136. The van der Waals surface area contributed by atoms with Crippen LogP contribution in [0.5, 0.6) is 0 Å². The molecule has 1 heterocycles. The predicted octanol–water partition coefficient (Wildman–Crippen LogP) is 1.06. The maximum atomic E-state index is 12.5. The van der Waals surface area contributed by atoms with Crippen molar-refractivity contribution in [3.05, 3.63) is 0 Å². The molecule has 1 aliphatic carbocycles. The van der Waals surface area contributed by atoms with Gasteiger partial charge < -0.3 is 10.6 Å². The first-order valence-corrected chi connectivity index (χ1v) is 7.33. The molecule has 2 fully saturated rings. The van der Waals surface area contributed by atoms with Crippen LogP contribution in [-0.4, -0.2) is 53.5 Å². The third-order valence-electron chi connectivity index (χ3n) is 4.67. The fourth-order valence-corrected chi connectivity index (χ4v) is 3.16. The maximum absolute atomic E-state index is 12.5. The third-order valence-corrected chi connectivity index (χ3v) is 4.67. The molecule has 1 saturated heterocycles. The van der Waals surface area contributed by atoms with Gasteiger partial charge in [0.15, 0.2) is 0 Å². The molecule has 0 spiro atoms. The minimum atomic E-state index is -0.627. The normalized spacial score (nSPS) is 27.6. The Morgan fingerprint density at radius 1 is 1.33 bits per heavy atom. The highest BCUT2D eigenvalue weighted by Gasteiger charge is 2.47. The average molecular weight is 253 g/mol. The molecule has 104 valence electrons. The molecule has 2 atom stereocenters. The summed E-state index contributed by atoms with van der Waals surface area (Å²) in [5.41, 5.74) is 5.60. The van der Waals surface area contributed by atoms with Gasteiger partial charge in [0, 0.05) is 19.1 Å². The van der Waals surface area contributed by atoms with Crippen LogP contribution in [0.25, 0.3) is 0 Å². The number of carbonyl (C=O) groups is 1. The molecule has 2 rings (SSSR count). The van der Waals surface area contributed by atoms with Crippen molar-refractivity contribution < 1.29 is 4.79 Å². The van der Waals surface area contributed by atoms with Crippen molar-refractivity contribution >= 4 is 5.91 Å². The van der Waals surface area contributed by atoms with Gasteiger partial charge >= 0.3 is 0 Å². The molecule has 0 aromatic heterocycles. The van der Waals surface area contributed by atoms with Crippen LogP contribution in [0.15, 0.2) is 0 Å².